The Hall–Kier alpha value is -2.19. The van der Waals surface area contributed by atoms with Gasteiger partial charge in [0.15, 0.2) is 5.78 Å². The highest BCUT2D eigenvalue weighted by molar-refractivity contribution is 6.33. The van der Waals surface area contributed by atoms with Gasteiger partial charge in [0.2, 0.25) is 0 Å². The van der Waals surface area contributed by atoms with Gasteiger partial charge in [0.1, 0.15) is 0 Å². The molecule has 0 aliphatic heterocycles. The van der Waals surface area contributed by atoms with Crippen LogP contribution in [0.2, 0.25) is 5.02 Å². The summed E-state index contributed by atoms with van der Waals surface area (Å²) in [6.07, 6.45) is 0. The summed E-state index contributed by atoms with van der Waals surface area (Å²) in [7, 11) is 0. The first-order valence-electron chi connectivity index (χ1n) is 6.41. The van der Waals surface area contributed by atoms with Gasteiger partial charge >= 0.3 is 0 Å². The fourth-order valence-electron chi connectivity index (χ4n) is 2.96. The molecule has 0 unspecified atom stereocenters. The molecule has 0 N–H and O–H groups in total. The normalized spacial score (nSPS) is 12.6. The Labute approximate surface area is 121 Å². The Morgan fingerprint density at radius 3 is 2.65 bits per heavy atom. The molecule has 1 aromatic heterocycles. The SMILES string of the molecule is Cc1nc2ccccc2c2c1-c1ccc(Cl)cc1C2=O. The third-order valence-electron chi connectivity index (χ3n) is 3.80. The van der Waals surface area contributed by atoms with Gasteiger partial charge < -0.3 is 0 Å². The van der Waals surface area contributed by atoms with E-state index in [4.69, 9.17) is 11.6 Å². The van der Waals surface area contributed by atoms with Crippen LogP contribution in [0, 0.1) is 6.92 Å². The first-order valence-corrected chi connectivity index (χ1v) is 6.78. The second-order valence-corrected chi connectivity index (χ2v) is 5.42. The van der Waals surface area contributed by atoms with Crippen LogP contribution in [0.3, 0.4) is 0 Å². The standard InChI is InChI=1S/C17H10ClNO/c1-9-15-11-7-6-10(18)8-13(11)17(20)16(15)12-4-2-3-5-14(12)19-9/h2-8H,1H3. The van der Waals surface area contributed by atoms with Gasteiger partial charge in [0.05, 0.1) is 5.52 Å². The van der Waals surface area contributed by atoms with E-state index in [0.717, 1.165) is 33.3 Å². The van der Waals surface area contributed by atoms with Gasteiger partial charge in [0.25, 0.3) is 0 Å². The molecule has 0 bridgehead atoms. The second-order valence-electron chi connectivity index (χ2n) is 4.98. The smallest absolute Gasteiger partial charge is 0.195 e. The number of benzene rings is 2. The average Bonchev–Trinajstić information content (AvgIpc) is 2.73. The van der Waals surface area contributed by atoms with Gasteiger partial charge in [-0.15, -0.1) is 0 Å². The summed E-state index contributed by atoms with van der Waals surface area (Å²) in [6.45, 7) is 1.95. The van der Waals surface area contributed by atoms with Crippen LogP contribution in [-0.4, -0.2) is 10.8 Å². The minimum absolute atomic E-state index is 0.0409. The van der Waals surface area contributed by atoms with Crippen molar-refractivity contribution in [2.45, 2.75) is 6.92 Å². The molecule has 96 valence electrons. The van der Waals surface area contributed by atoms with E-state index in [1.165, 1.54) is 0 Å². The van der Waals surface area contributed by atoms with E-state index in [9.17, 15) is 4.79 Å². The molecule has 20 heavy (non-hydrogen) atoms. The largest absolute Gasteiger partial charge is 0.289 e. The zero-order chi connectivity index (χ0) is 13.9. The summed E-state index contributed by atoms with van der Waals surface area (Å²) >= 11 is 6.02. The maximum absolute atomic E-state index is 12.7. The van der Waals surface area contributed by atoms with Crippen molar-refractivity contribution in [3.05, 3.63) is 64.3 Å². The van der Waals surface area contributed by atoms with Crippen molar-refractivity contribution >= 4 is 28.3 Å². The van der Waals surface area contributed by atoms with Crippen LogP contribution in [0.5, 0.6) is 0 Å². The van der Waals surface area contributed by atoms with Crippen molar-refractivity contribution in [1.82, 2.24) is 4.98 Å². The number of aryl methyl sites for hydroxylation is 1. The third kappa shape index (κ3) is 1.40. The molecule has 0 saturated carbocycles. The van der Waals surface area contributed by atoms with E-state index < -0.39 is 0 Å². The van der Waals surface area contributed by atoms with E-state index in [2.05, 4.69) is 4.98 Å². The minimum Gasteiger partial charge on any atom is -0.289 e. The fraction of sp³-hybridized carbons (Fsp3) is 0.0588. The van der Waals surface area contributed by atoms with Gasteiger partial charge in [-0.2, -0.15) is 0 Å². The van der Waals surface area contributed by atoms with Crippen LogP contribution in [-0.2, 0) is 0 Å². The Bertz CT molecular complexity index is 899. The van der Waals surface area contributed by atoms with Crippen molar-refractivity contribution in [3.8, 4) is 11.1 Å². The summed E-state index contributed by atoms with van der Waals surface area (Å²) in [6, 6.07) is 13.2. The number of aromatic nitrogens is 1. The van der Waals surface area contributed by atoms with Gasteiger partial charge in [-0.05, 0) is 30.7 Å². The lowest BCUT2D eigenvalue weighted by molar-refractivity contribution is 0.104. The van der Waals surface area contributed by atoms with Gasteiger partial charge in [-0.25, -0.2) is 0 Å². The Morgan fingerprint density at radius 2 is 1.80 bits per heavy atom. The molecule has 0 spiro atoms. The van der Waals surface area contributed by atoms with Crippen molar-refractivity contribution < 1.29 is 4.79 Å². The summed E-state index contributed by atoms with van der Waals surface area (Å²) in [5, 5.41) is 1.49. The number of nitrogens with zero attached hydrogens (tertiary/aromatic N) is 1. The summed E-state index contributed by atoms with van der Waals surface area (Å²) in [5.74, 6) is 0.0409. The maximum atomic E-state index is 12.7. The van der Waals surface area contributed by atoms with E-state index in [1.807, 2.05) is 43.3 Å². The van der Waals surface area contributed by atoms with Crippen LogP contribution in [0.15, 0.2) is 42.5 Å². The fourth-order valence-corrected chi connectivity index (χ4v) is 3.13. The number of ketones is 1. The first kappa shape index (κ1) is 11.6. The number of para-hydroxylation sites is 1. The molecule has 1 aliphatic carbocycles. The lowest BCUT2D eigenvalue weighted by Gasteiger charge is -2.07. The Balaban J connectivity index is 2.19. The van der Waals surface area contributed by atoms with Gasteiger partial charge in [-0.1, -0.05) is 35.9 Å². The lowest BCUT2D eigenvalue weighted by Crippen LogP contribution is -1.98. The molecule has 1 aliphatic rings. The number of carbonyl (C=O) groups excluding carboxylic acids is 1. The second kappa shape index (κ2) is 3.90. The minimum atomic E-state index is 0.0409. The molecule has 0 atom stereocenters. The molecule has 0 fully saturated rings. The maximum Gasteiger partial charge on any atom is 0.195 e. The molecule has 3 aromatic rings. The van der Waals surface area contributed by atoms with Crippen LogP contribution in [0.1, 0.15) is 21.6 Å². The number of hydrogen-bond donors (Lipinski definition) is 0. The highest BCUT2D eigenvalue weighted by atomic mass is 35.5. The molecular formula is C17H10ClNO. The highest BCUT2D eigenvalue weighted by Gasteiger charge is 2.30. The van der Waals surface area contributed by atoms with Crippen LogP contribution in [0.25, 0.3) is 22.0 Å². The third-order valence-corrected chi connectivity index (χ3v) is 4.03. The first-order chi connectivity index (χ1) is 9.66. The number of rotatable bonds is 0. The van der Waals surface area contributed by atoms with E-state index in [-0.39, 0.29) is 5.78 Å². The number of fused-ring (bicyclic) bond motifs is 5. The molecular weight excluding hydrogens is 270 g/mol. The molecule has 2 aromatic carbocycles. The van der Waals surface area contributed by atoms with Crippen molar-refractivity contribution in [2.24, 2.45) is 0 Å². The van der Waals surface area contributed by atoms with Crippen LogP contribution < -0.4 is 0 Å². The van der Waals surface area contributed by atoms with Gasteiger partial charge in [-0.3, -0.25) is 9.78 Å². The summed E-state index contributed by atoms with van der Waals surface area (Å²) < 4.78 is 0. The molecule has 1 heterocycles. The molecule has 0 amide bonds. The van der Waals surface area contributed by atoms with Crippen LogP contribution in [0.4, 0.5) is 0 Å². The number of pyridine rings is 1. The zero-order valence-electron chi connectivity index (χ0n) is 10.8. The van der Waals surface area contributed by atoms with Crippen molar-refractivity contribution in [2.75, 3.05) is 0 Å². The Kier molecular flexibility index (Phi) is 2.27. The summed E-state index contributed by atoms with van der Waals surface area (Å²) in [5.41, 5.74) is 5.05. The molecule has 2 nitrogen and oxygen atoms in total. The predicted octanol–water partition coefficient (Wildman–Crippen LogP) is 4.41. The van der Waals surface area contributed by atoms with Crippen molar-refractivity contribution in [1.29, 1.82) is 0 Å². The zero-order valence-corrected chi connectivity index (χ0v) is 11.5. The number of halogens is 1. The number of hydrogen-bond acceptors (Lipinski definition) is 2. The number of carbonyl (C=O) groups is 1. The van der Waals surface area contributed by atoms with E-state index in [0.29, 0.717) is 10.6 Å². The Morgan fingerprint density at radius 1 is 1.00 bits per heavy atom. The van der Waals surface area contributed by atoms with Gasteiger partial charge in [0, 0.05) is 32.8 Å². The summed E-state index contributed by atoms with van der Waals surface area (Å²) in [4.78, 5) is 17.3. The molecule has 0 saturated heterocycles. The monoisotopic (exact) mass is 279 g/mol. The molecule has 0 radical (unpaired) electrons. The van der Waals surface area contributed by atoms with E-state index in [1.54, 1.807) is 6.07 Å². The average molecular weight is 280 g/mol. The molecule has 4 rings (SSSR count). The quantitative estimate of drug-likeness (QED) is 0.477. The topological polar surface area (TPSA) is 30.0 Å². The van der Waals surface area contributed by atoms with Crippen LogP contribution >= 0.6 is 11.6 Å². The van der Waals surface area contributed by atoms with E-state index >= 15 is 0 Å². The molecule has 3 heteroatoms. The predicted molar refractivity (Wildman–Crippen MR) is 80.4 cm³/mol. The lowest BCUT2D eigenvalue weighted by atomic mass is 10.0. The van der Waals surface area contributed by atoms with Crippen molar-refractivity contribution in [3.63, 3.8) is 0 Å². The highest BCUT2D eigenvalue weighted by Crippen LogP contribution is 2.42.